The molecule has 24 heteroatoms. The number of ether oxygens (including phenoxy) is 3. The predicted molar refractivity (Wildman–Crippen MR) is 144 cm³/mol. The molecular weight excluding hydrogens is 779 g/mol. The van der Waals surface area contributed by atoms with Crippen molar-refractivity contribution >= 4 is 23.3 Å². The van der Waals surface area contributed by atoms with Crippen LogP contribution in [0.3, 0.4) is 0 Å². The third kappa shape index (κ3) is 7.56. The van der Waals surface area contributed by atoms with Gasteiger partial charge in [-0.2, -0.15) is 74.6 Å². The van der Waals surface area contributed by atoms with Crippen LogP contribution in [0.2, 0.25) is 0 Å². The summed E-state index contributed by atoms with van der Waals surface area (Å²) in [5.74, 6) is -60.6. The number of nitrogens with two attached hydrogens (primary N) is 2. The number of anilines is 2. The smallest absolute Gasteiger partial charge is 0.430 e. The van der Waals surface area contributed by atoms with E-state index >= 15 is 0 Å². The fourth-order valence-electron chi connectivity index (χ4n) is 3.67. The van der Waals surface area contributed by atoms with Gasteiger partial charge < -0.3 is 25.7 Å². The standard InChI is InChI=1S/C29H15F17N2O5/c30-19(23(32,33)24(34,35)25(36,37)26(38,39)27(40,41)28(42,43)29(44,45)46)20(31)51-18-10-12(21(49)52-16-5-1-14(47)2-6-16)9-13(11-18)22(50)53-17-7-3-15(48)4-8-17/h1-11H,47-48H2. The number of hydrogen-bond acceptors (Lipinski definition) is 7. The van der Waals surface area contributed by atoms with Crippen molar-refractivity contribution in [3.05, 3.63) is 89.7 Å². The van der Waals surface area contributed by atoms with Crippen molar-refractivity contribution in [1.82, 2.24) is 0 Å². The Morgan fingerprint density at radius 2 is 0.792 bits per heavy atom. The predicted octanol–water partition coefficient (Wildman–Crippen LogP) is 9.15. The maximum Gasteiger partial charge on any atom is 0.460 e. The Hall–Kier alpha value is -5.45. The van der Waals surface area contributed by atoms with E-state index in [1.54, 1.807) is 0 Å². The Balaban J connectivity index is 2.08. The Morgan fingerprint density at radius 1 is 0.453 bits per heavy atom. The molecule has 0 aliphatic rings. The summed E-state index contributed by atoms with van der Waals surface area (Å²) in [6.07, 6.45) is -7.88. The first-order chi connectivity index (χ1) is 23.9. The van der Waals surface area contributed by atoms with Crippen LogP contribution in [-0.4, -0.2) is 53.7 Å². The number of carbonyl (C=O) groups is 2. The van der Waals surface area contributed by atoms with E-state index in [1.807, 2.05) is 0 Å². The summed E-state index contributed by atoms with van der Waals surface area (Å²) in [6, 6.07) is 6.24. The molecule has 0 aliphatic heterocycles. The van der Waals surface area contributed by atoms with Gasteiger partial charge in [0.1, 0.15) is 17.2 Å². The van der Waals surface area contributed by atoms with Crippen LogP contribution in [0.5, 0.6) is 17.2 Å². The first kappa shape index (κ1) is 42.0. The van der Waals surface area contributed by atoms with E-state index in [-0.39, 0.29) is 35.0 Å². The van der Waals surface area contributed by atoms with Crippen LogP contribution in [0.15, 0.2) is 78.6 Å². The largest absolute Gasteiger partial charge is 0.460 e. The summed E-state index contributed by atoms with van der Waals surface area (Å²) in [5, 5.41) is 0. The maximum atomic E-state index is 14.6. The summed E-state index contributed by atoms with van der Waals surface area (Å²) < 4.78 is 245. The highest BCUT2D eigenvalue weighted by Gasteiger charge is 2.94. The van der Waals surface area contributed by atoms with Gasteiger partial charge in [0.25, 0.3) is 0 Å². The molecule has 0 saturated carbocycles. The summed E-state index contributed by atoms with van der Waals surface area (Å²) in [7, 11) is 0. The Morgan fingerprint density at radius 3 is 1.15 bits per heavy atom. The fourth-order valence-corrected chi connectivity index (χ4v) is 3.67. The van der Waals surface area contributed by atoms with Gasteiger partial charge in [0, 0.05) is 11.4 Å². The fraction of sp³-hybridized carbons (Fsp3) is 0.241. The molecule has 0 unspecified atom stereocenters. The van der Waals surface area contributed by atoms with Crippen molar-refractivity contribution in [3.63, 3.8) is 0 Å². The third-order valence-electron chi connectivity index (χ3n) is 6.54. The van der Waals surface area contributed by atoms with Gasteiger partial charge in [-0.15, -0.1) is 0 Å². The van der Waals surface area contributed by atoms with Crippen molar-refractivity contribution in [3.8, 4) is 17.2 Å². The number of carbonyl (C=O) groups excluding carboxylic acids is 2. The van der Waals surface area contributed by atoms with Crippen LogP contribution < -0.4 is 25.7 Å². The summed E-state index contributed by atoms with van der Waals surface area (Å²) in [4.78, 5) is 25.5. The van der Waals surface area contributed by atoms with Crippen LogP contribution in [0, 0.1) is 0 Å². The molecule has 0 spiro atoms. The lowest BCUT2D eigenvalue weighted by molar-refractivity contribution is -0.451. The normalized spacial score (nSPS) is 14.0. The van der Waals surface area contributed by atoms with Crippen molar-refractivity contribution in [2.45, 2.75) is 41.7 Å². The monoisotopic (exact) mass is 794 g/mol. The first-order valence-electron chi connectivity index (χ1n) is 13.3. The highest BCUT2D eigenvalue weighted by Crippen LogP contribution is 2.63. The highest BCUT2D eigenvalue weighted by molar-refractivity contribution is 5.97. The zero-order valence-corrected chi connectivity index (χ0v) is 25.0. The van der Waals surface area contributed by atoms with Crippen LogP contribution in [0.4, 0.5) is 86.0 Å². The minimum absolute atomic E-state index is 0.147. The van der Waals surface area contributed by atoms with Crippen LogP contribution in [-0.2, 0) is 0 Å². The maximum absolute atomic E-state index is 14.6. The molecule has 0 bridgehead atoms. The van der Waals surface area contributed by atoms with Crippen LogP contribution in [0.25, 0.3) is 0 Å². The summed E-state index contributed by atoms with van der Waals surface area (Å²) in [5.41, 5.74) is 9.30. The molecule has 53 heavy (non-hydrogen) atoms. The Labute approximate surface area is 282 Å². The van der Waals surface area contributed by atoms with Crippen molar-refractivity contribution in [1.29, 1.82) is 0 Å². The van der Waals surface area contributed by atoms with Gasteiger partial charge in [-0.05, 0) is 66.7 Å². The highest BCUT2D eigenvalue weighted by atomic mass is 19.4. The van der Waals surface area contributed by atoms with Crippen molar-refractivity contribution in [2.75, 3.05) is 11.5 Å². The topological polar surface area (TPSA) is 114 Å². The van der Waals surface area contributed by atoms with Crippen LogP contribution >= 0.6 is 0 Å². The average molecular weight is 794 g/mol. The Kier molecular flexibility index (Phi) is 11.0. The first-order valence-corrected chi connectivity index (χ1v) is 13.3. The number of alkyl halides is 15. The SMILES string of the molecule is Nc1ccc(OC(=O)c2cc(OC(F)=C(F)C(F)(F)C(F)(F)C(F)(F)C(F)(F)C(F)(F)C(F)(F)C(F)(F)F)cc(C(=O)Oc3ccc(N)cc3)c2)cc1. The van der Waals surface area contributed by atoms with Gasteiger partial charge in [0.15, 0.2) is 0 Å². The minimum atomic E-state index is -8.78. The number of benzene rings is 3. The Bertz CT molecular complexity index is 1800. The molecule has 0 amide bonds. The number of hydrogen-bond donors (Lipinski definition) is 2. The lowest BCUT2D eigenvalue weighted by Crippen LogP contribution is -2.72. The quantitative estimate of drug-likeness (QED) is 0.0618. The van der Waals surface area contributed by atoms with Crippen molar-refractivity contribution in [2.24, 2.45) is 0 Å². The molecule has 0 saturated heterocycles. The molecule has 0 aromatic heterocycles. The number of nitrogen functional groups attached to an aromatic ring is 2. The van der Waals surface area contributed by atoms with E-state index in [1.165, 1.54) is 24.3 Å². The second-order valence-corrected chi connectivity index (χ2v) is 10.3. The van der Waals surface area contributed by atoms with Crippen molar-refractivity contribution < 1.29 is 98.4 Å². The zero-order valence-electron chi connectivity index (χ0n) is 25.0. The van der Waals surface area contributed by atoms with E-state index < -0.39 is 82.4 Å². The molecule has 4 N–H and O–H groups in total. The minimum Gasteiger partial charge on any atom is -0.430 e. The second-order valence-electron chi connectivity index (χ2n) is 10.3. The van der Waals surface area contributed by atoms with Gasteiger partial charge in [-0.3, -0.25) is 0 Å². The molecule has 0 aliphatic carbocycles. The number of esters is 2. The molecule has 0 atom stereocenters. The lowest BCUT2D eigenvalue weighted by Gasteiger charge is -2.41. The molecule has 3 aromatic rings. The molecule has 290 valence electrons. The van der Waals surface area contributed by atoms with E-state index in [0.717, 1.165) is 24.3 Å². The molecular formula is C29H15F17N2O5. The van der Waals surface area contributed by atoms with E-state index in [2.05, 4.69) is 4.74 Å². The van der Waals surface area contributed by atoms with Gasteiger partial charge in [-0.25, -0.2) is 9.59 Å². The van der Waals surface area contributed by atoms with E-state index in [4.69, 9.17) is 20.9 Å². The van der Waals surface area contributed by atoms with Gasteiger partial charge in [0.05, 0.1) is 11.1 Å². The zero-order chi connectivity index (χ0) is 40.8. The van der Waals surface area contributed by atoms with E-state index in [0.29, 0.717) is 6.07 Å². The second kappa shape index (κ2) is 13.8. The molecule has 0 radical (unpaired) electrons. The summed E-state index contributed by atoms with van der Waals surface area (Å²) >= 11 is 0. The molecule has 0 fully saturated rings. The molecule has 3 rings (SSSR count). The van der Waals surface area contributed by atoms with Gasteiger partial charge >= 0.3 is 59.7 Å². The number of halogens is 17. The van der Waals surface area contributed by atoms with E-state index in [9.17, 15) is 84.2 Å². The lowest BCUT2D eigenvalue weighted by atomic mass is 9.91. The molecule has 0 heterocycles. The van der Waals surface area contributed by atoms with Gasteiger partial charge in [0.2, 0.25) is 5.83 Å². The average Bonchev–Trinajstić information content (AvgIpc) is 3.05. The molecule has 3 aromatic carbocycles. The number of rotatable bonds is 12. The third-order valence-corrected chi connectivity index (χ3v) is 6.54. The summed E-state index contributed by atoms with van der Waals surface area (Å²) in [6.45, 7) is 0. The van der Waals surface area contributed by atoms with Crippen LogP contribution in [0.1, 0.15) is 20.7 Å². The molecule has 7 nitrogen and oxygen atoms in total. The number of allylic oxidation sites excluding steroid dienone is 1. The van der Waals surface area contributed by atoms with Gasteiger partial charge in [-0.1, -0.05) is 0 Å².